The van der Waals surface area contributed by atoms with Gasteiger partial charge in [-0.2, -0.15) is 0 Å². The van der Waals surface area contributed by atoms with Crippen molar-refractivity contribution in [1.82, 2.24) is 0 Å². The molecule has 1 nitrogen and oxygen atoms in total. The summed E-state index contributed by atoms with van der Waals surface area (Å²) in [5, 5.41) is 9.29. The van der Waals surface area contributed by atoms with E-state index in [0.29, 0.717) is 0 Å². The molecule has 1 N–H and O–H groups in total. The van der Waals surface area contributed by atoms with Gasteiger partial charge in [0.25, 0.3) is 0 Å². The first-order valence-electron chi connectivity index (χ1n) is 10.1. The molecule has 0 saturated carbocycles. The van der Waals surface area contributed by atoms with Gasteiger partial charge >= 0.3 is 0 Å². The molecule has 0 aromatic heterocycles. The summed E-state index contributed by atoms with van der Waals surface area (Å²) in [6.07, 6.45) is 15.1. The van der Waals surface area contributed by atoms with Crippen molar-refractivity contribution in [2.24, 2.45) is 17.8 Å². The van der Waals surface area contributed by atoms with Crippen LogP contribution in [0.4, 0.5) is 0 Å². The first-order valence-corrected chi connectivity index (χ1v) is 10.1. The lowest BCUT2D eigenvalue weighted by molar-refractivity contribution is 0.198. The van der Waals surface area contributed by atoms with Crippen molar-refractivity contribution in [2.45, 2.75) is 112 Å². The zero-order valence-corrected chi connectivity index (χ0v) is 16.9. The summed E-state index contributed by atoms with van der Waals surface area (Å²) in [5.74, 6) is 2.63. The summed E-state index contributed by atoms with van der Waals surface area (Å²) in [5.41, 5.74) is 1.44. The Kier molecular flexibility index (Phi) is 13.9. The monoisotopic (exact) mass is 324 g/mol. The molecular weight excluding hydrogens is 280 g/mol. The third kappa shape index (κ3) is 16.3. The minimum Gasteiger partial charge on any atom is -0.393 e. The third-order valence-electron chi connectivity index (χ3n) is 4.95. The van der Waals surface area contributed by atoms with Gasteiger partial charge in [-0.3, -0.25) is 0 Å². The molecule has 0 aliphatic carbocycles. The summed E-state index contributed by atoms with van der Waals surface area (Å²) >= 11 is 0. The average molecular weight is 325 g/mol. The highest BCUT2D eigenvalue weighted by atomic mass is 16.3. The van der Waals surface area contributed by atoms with E-state index in [1.54, 1.807) is 0 Å². The molecule has 0 spiro atoms. The molecule has 0 heterocycles. The molecular formula is C22H44O. The van der Waals surface area contributed by atoms with Crippen LogP contribution in [0.25, 0.3) is 0 Å². The van der Waals surface area contributed by atoms with Gasteiger partial charge in [-0.05, 0) is 50.9 Å². The Morgan fingerprint density at radius 2 is 1.26 bits per heavy atom. The van der Waals surface area contributed by atoms with Gasteiger partial charge in [0.1, 0.15) is 0 Å². The maximum atomic E-state index is 9.29. The van der Waals surface area contributed by atoms with Crippen LogP contribution >= 0.6 is 0 Å². The lowest BCUT2D eigenvalue weighted by Gasteiger charge is -2.15. The first kappa shape index (κ1) is 22.7. The predicted molar refractivity (Wildman–Crippen MR) is 105 cm³/mol. The van der Waals surface area contributed by atoms with Crippen LogP contribution in [0.1, 0.15) is 106 Å². The highest BCUT2D eigenvalue weighted by Crippen LogP contribution is 2.22. The second kappa shape index (κ2) is 14.1. The highest BCUT2D eigenvalue weighted by Gasteiger charge is 2.06. The summed E-state index contributed by atoms with van der Waals surface area (Å²) in [7, 11) is 0. The van der Waals surface area contributed by atoms with Crippen LogP contribution in [-0.4, -0.2) is 11.2 Å². The number of aliphatic hydroxyl groups is 1. The van der Waals surface area contributed by atoms with Crippen LogP contribution in [-0.2, 0) is 0 Å². The van der Waals surface area contributed by atoms with Gasteiger partial charge in [0.15, 0.2) is 0 Å². The summed E-state index contributed by atoms with van der Waals surface area (Å²) in [6.45, 7) is 13.6. The van der Waals surface area contributed by atoms with Crippen molar-refractivity contribution in [3.63, 3.8) is 0 Å². The molecule has 0 aromatic rings. The van der Waals surface area contributed by atoms with Crippen LogP contribution < -0.4 is 0 Å². The Morgan fingerprint density at radius 3 is 1.74 bits per heavy atom. The molecule has 0 aromatic carbocycles. The van der Waals surface area contributed by atoms with Gasteiger partial charge in [-0.25, -0.2) is 0 Å². The van der Waals surface area contributed by atoms with Crippen molar-refractivity contribution >= 4 is 0 Å². The van der Waals surface area contributed by atoms with Gasteiger partial charge < -0.3 is 5.11 Å². The first-order chi connectivity index (χ1) is 10.8. The topological polar surface area (TPSA) is 20.2 Å². The van der Waals surface area contributed by atoms with E-state index in [1.807, 2.05) is 6.92 Å². The van der Waals surface area contributed by atoms with Crippen LogP contribution in [0.2, 0.25) is 0 Å². The van der Waals surface area contributed by atoms with E-state index in [4.69, 9.17) is 0 Å². The number of allylic oxidation sites excluding steroid dienone is 1. The number of rotatable bonds is 14. The Bertz CT molecular complexity index is 290. The molecule has 0 saturated heterocycles. The van der Waals surface area contributed by atoms with Crippen molar-refractivity contribution in [1.29, 1.82) is 0 Å². The van der Waals surface area contributed by atoms with E-state index >= 15 is 0 Å². The fourth-order valence-corrected chi connectivity index (χ4v) is 3.18. The average Bonchev–Trinajstić information content (AvgIpc) is 2.44. The molecule has 1 heteroatoms. The summed E-state index contributed by atoms with van der Waals surface area (Å²) < 4.78 is 0. The Labute approximate surface area is 147 Å². The minimum atomic E-state index is -0.202. The quantitative estimate of drug-likeness (QED) is 0.336. The maximum Gasteiger partial charge on any atom is 0.0546 e. The molecule has 0 radical (unpaired) electrons. The number of aliphatic hydroxyl groups excluding tert-OH is 1. The van der Waals surface area contributed by atoms with E-state index in [9.17, 15) is 5.11 Å². The number of hydrogen-bond donors (Lipinski definition) is 1. The molecule has 0 fully saturated rings. The van der Waals surface area contributed by atoms with Gasteiger partial charge in [-0.15, -0.1) is 0 Å². The van der Waals surface area contributed by atoms with E-state index < -0.39 is 0 Å². The Balaban J connectivity index is 3.59. The van der Waals surface area contributed by atoms with Crippen LogP contribution in [0.5, 0.6) is 0 Å². The molecule has 138 valence electrons. The minimum absolute atomic E-state index is 0.202. The fourth-order valence-electron chi connectivity index (χ4n) is 3.18. The van der Waals surface area contributed by atoms with Crippen molar-refractivity contribution in [2.75, 3.05) is 0 Å². The SMILES string of the molecule is C/C(=C/CC(C)O)CCCC(C)CCCC(C)CCCC(C)C. The molecule has 0 rings (SSSR count). The normalized spacial score (nSPS) is 16.6. The molecule has 0 amide bonds. The van der Waals surface area contributed by atoms with Crippen molar-refractivity contribution < 1.29 is 5.11 Å². The van der Waals surface area contributed by atoms with Gasteiger partial charge in [0.05, 0.1) is 6.10 Å². The standard InChI is InChI=1S/C22H44O/c1-18(2)10-7-11-19(3)12-8-13-20(4)14-9-15-21(5)16-17-22(6)23/h16,18-20,22-23H,7-15,17H2,1-6H3/b21-16-. The zero-order chi connectivity index (χ0) is 17.7. The second-order valence-electron chi connectivity index (χ2n) is 8.49. The molecule has 3 atom stereocenters. The molecule has 0 bridgehead atoms. The van der Waals surface area contributed by atoms with Crippen molar-refractivity contribution in [3.8, 4) is 0 Å². The molecule has 0 aliphatic rings. The smallest absolute Gasteiger partial charge is 0.0546 e. The van der Waals surface area contributed by atoms with Gasteiger partial charge in [0.2, 0.25) is 0 Å². The Morgan fingerprint density at radius 1 is 0.783 bits per heavy atom. The van der Waals surface area contributed by atoms with Crippen LogP contribution in [0, 0.1) is 17.8 Å². The summed E-state index contributed by atoms with van der Waals surface area (Å²) in [4.78, 5) is 0. The molecule has 3 unspecified atom stereocenters. The Hall–Kier alpha value is -0.300. The maximum absolute atomic E-state index is 9.29. The van der Waals surface area contributed by atoms with E-state index in [2.05, 4.69) is 40.7 Å². The van der Waals surface area contributed by atoms with Gasteiger partial charge in [0, 0.05) is 0 Å². The van der Waals surface area contributed by atoms with Gasteiger partial charge in [-0.1, -0.05) is 84.3 Å². The largest absolute Gasteiger partial charge is 0.393 e. The number of hydrogen-bond acceptors (Lipinski definition) is 1. The lowest BCUT2D eigenvalue weighted by Crippen LogP contribution is -2.00. The second-order valence-corrected chi connectivity index (χ2v) is 8.49. The predicted octanol–water partition coefficient (Wildman–Crippen LogP) is 7.14. The fraction of sp³-hybridized carbons (Fsp3) is 0.909. The third-order valence-corrected chi connectivity index (χ3v) is 4.95. The van der Waals surface area contributed by atoms with E-state index in [0.717, 1.165) is 24.2 Å². The summed E-state index contributed by atoms with van der Waals surface area (Å²) in [6, 6.07) is 0. The lowest BCUT2D eigenvalue weighted by atomic mass is 9.91. The van der Waals surface area contributed by atoms with Crippen LogP contribution in [0.3, 0.4) is 0 Å². The highest BCUT2D eigenvalue weighted by molar-refractivity contribution is 4.98. The van der Waals surface area contributed by atoms with E-state index in [-0.39, 0.29) is 6.10 Å². The molecule has 23 heavy (non-hydrogen) atoms. The van der Waals surface area contributed by atoms with Crippen LogP contribution in [0.15, 0.2) is 11.6 Å². The van der Waals surface area contributed by atoms with Crippen molar-refractivity contribution in [3.05, 3.63) is 11.6 Å². The zero-order valence-electron chi connectivity index (χ0n) is 16.9. The van der Waals surface area contributed by atoms with E-state index in [1.165, 1.54) is 63.4 Å². The molecule has 0 aliphatic heterocycles.